The molecule has 0 saturated carbocycles. The summed E-state index contributed by atoms with van der Waals surface area (Å²) in [5.74, 6) is 1.62. The molecule has 3 aromatic rings. The summed E-state index contributed by atoms with van der Waals surface area (Å²) in [6.07, 6.45) is 0. The predicted octanol–water partition coefficient (Wildman–Crippen LogP) is 4.07. The van der Waals surface area contributed by atoms with Gasteiger partial charge in [-0.05, 0) is 36.8 Å². The highest BCUT2D eigenvalue weighted by Gasteiger charge is 2.08. The number of ether oxygens (including phenoxy) is 2. The lowest BCUT2D eigenvalue weighted by molar-refractivity contribution is 0.295. The van der Waals surface area contributed by atoms with Gasteiger partial charge >= 0.3 is 0 Å². The molecule has 0 saturated heterocycles. The Labute approximate surface area is 124 Å². The quantitative estimate of drug-likeness (QED) is 0.719. The molecule has 21 heavy (non-hydrogen) atoms. The summed E-state index contributed by atoms with van der Waals surface area (Å²) >= 11 is 0. The van der Waals surface area contributed by atoms with Crippen LogP contribution in [-0.2, 0) is 13.7 Å². The summed E-state index contributed by atoms with van der Waals surface area (Å²) in [4.78, 5) is 0. The molecule has 0 bridgehead atoms. The van der Waals surface area contributed by atoms with Gasteiger partial charge in [0.1, 0.15) is 18.1 Å². The van der Waals surface area contributed by atoms with E-state index in [1.807, 2.05) is 24.3 Å². The zero-order valence-corrected chi connectivity index (χ0v) is 12.6. The molecule has 0 atom stereocenters. The van der Waals surface area contributed by atoms with Crippen LogP contribution in [0.5, 0.6) is 11.5 Å². The molecule has 1 heterocycles. The molecule has 0 amide bonds. The Bertz CT molecular complexity index is 774. The molecule has 0 spiro atoms. The minimum absolute atomic E-state index is 0.539. The van der Waals surface area contributed by atoms with Gasteiger partial charge in [-0.3, -0.25) is 0 Å². The van der Waals surface area contributed by atoms with Crippen molar-refractivity contribution in [3.8, 4) is 11.5 Å². The van der Waals surface area contributed by atoms with Gasteiger partial charge < -0.3 is 14.0 Å². The van der Waals surface area contributed by atoms with Crippen molar-refractivity contribution < 1.29 is 9.47 Å². The standard InChI is InChI=1S/C18H19NO2/c1-13-6-4-9-18-17(13)10-14(19(18)2)12-21-16-8-5-7-15(11-16)20-3/h4-11H,12H2,1-3H3. The summed E-state index contributed by atoms with van der Waals surface area (Å²) in [7, 11) is 3.73. The average Bonchev–Trinajstić information content (AvgIpc) is 2.84. The molecule has 3 nitrogen and oxygen atoms in total. The van der Waals surface area contributed by atoms with Crippen LogP contribution in [0.25, 0.3) is 10.9 Å². The first-order chi connectivity index (χ1) is 10.2. The third-order valence-electron chi connectivity index (χ3n) is 3.83. The molecule has 108 valence electrons. The SMILES string of the molecule is COc1cccc(OCc2cc3c(C)cccc3n2C)c1. The third kappa shape index (κ3) is 2.59. The topological polar surface area (TPSA) is 23.4 Å². The summed E-state index contributed by atoms with van der Waals surface area (Å²) in [5, 5.41) is 1.28. The Hall–Kier alpha value is -2.42. The Morgan fingerprint density at radius 2 is 1.76 bits per heavy atom. The van der Waals surface area contributed by atoms with E-state index in [0.29, 0.717) is 6.61 Å². The lowest BCUT2D eigenvalue weighted by Gasteiger charge is -2.08. The highest BCUT2D eigenvalue weighted by Crippen LogP contribution is 2.24. The fourth-order valence-electron chi connectivity index (χ4n) is 2.55. The van der Waals surface area contributed by atoms with E-state index in [1.54, 1.807) is 7.11 Å². The highest BCUT2D eigenvalue weighted by molar-refractivity contribution is 5.84. The largest absolute Gasteiger partial charge is 0.497 e. The van der Waals surface area contributed by atoms with E-state index >= 15 is 0 Å². The number of benzene rings is 2. The van der Waals surface area contributed by atoms with Crippen molar-refractivity contribution in [3.63, 3.8) is 0 Å². The van der Waals surface area contributed by atoms with Crippen molar-refractivity contribution in [3.05, 3.63) is 59.8 Å². The second-order valence-electron chi connectivity index (χ2n) is 5.17. The summed E-state index contributed by atoms with van der Waals surface area (Å²) in [6, 6.07) is 16.2. The maximum Gasteiger partial charge on any atom is 0.128 e. The first-order valence-electron chi connectivity index (χ1n) is 7.00. The smallest absolute Gasteiger partial charge is 0.128 e. The maximum atomic E-state index is 5.88. The van der Waals surface area contributed by atoms with Gasteiger partial charge in [0.25, 0.3) is 0 Å². The first kappa shape index (κ1) is 13.6. The molecular weight excluding hydrogens is 262 g/mol. The van der Waals surface area contributed by atoms with Crippen LogP contribution in [0.1, 0.15) is 11.3 Å². The number of methoxy groups -OCH3 is 1. The van der Waals surface area contributed by atoms with Gasteiger partial charge in [0, 0.05) is 24.0 Å². The monoisotopic (exact) mass is 281 g/mol. The van der Waals surface area contributed by atoms with Gasteiger partial charge in [-0.1, -0.05) is 18.2 Å². The molecule has 0 N–H and O–H groups in total. The molecule has 3 heteroatoms. The third-order valence-corrected chi connectivity index (χ3v) is 3.83. The van der Waals surface area contributed by atoms with Crippen LogP contribution >= 0.6 is 0 Å². The Morgan fingerprint density at radius 3 is 2.52 bits per heavy atom. The van der Waals surface area contributed by atoms with E-state index < -0.39 is 0 Å². The normalized spacial score (nSPS) is 10.8. The molecular formula is C18H19NO2. The van der Waals surface area contributed by atoms with Crippen molar-refractivity contribution in [2.45, 2.75) is 13.5 Å². The molecule has 0 aliphatic carbocycles. The number of hydrogen-bond acceptors (Lipinski definition) is 2. The molecule has 1 aromatic heterocycles. The minimum Gasteiger partial charge on any atom is -0.497 e. The minimum atomic E-state index is 0.539. The van der Waals surface area contributed by atoms with Gasteiger partial charge in [-0.25, -0.2) is 0 Å². The lowest BCUT2D eigenvalue weighted by Crippen LogP contribution is -2.01. The second-order valence-corrected chi connectivity index (χ2v) is 5.17. The van der Waals surface area contributed by atoms with Crippen molar-refractivity contribution in [2.24, 2.45) is 7.05 Å². The van der Waals surface area contributed by atoms with Gasteiger partial charge in [0.2, 0.25) is 0 Å². The highest BCUT2D eigenvalue weighted by atomic mass is 16.5. The van der Waals surface area contributed by atoms with E-state index in [0.717, 1.165) is 17.2 Å². The van der Waals surface area contributed by atoms with E-state index in [9.17, 15) is 0 Å². The summed E-state index contributed by atoms with van der Waals surface area (Å²) in [5.41, 5.74) is 3.68. The van der Waals surface area contributed by atoms with E-state index in [-0.39, 0.29) is 0 Å². The molecule has 0 fully saturated rings. The number of aryl methyl sites for hydroxylation is 2. The van der Waals surface area contributed by atoms with Crippen LogP contribution in [0.2, 0.25) is 0 Å². The number of rotatable bonds is 4. The van der Waals surface area contributed by atoms with Crippen LogP contribution in [-0.4, -0.2) is 11.7 Å². The summed E-state index contributed by atoms with van der Waals surface area (Å²) < 4.78 is 13.3. The fraction of sp³-hybridized carbons (Fsp3) is 0.222. The second kappa shape index (κ2) is 5.52. The van der Waals surface area contributed by atoms with Crippen molar-refractivity contribution >= 4 is 10.9 Å². The van der Waals surface area contributed by atoms with Crippen LogP contribution in [0.4, 0.5) is 0 Å². The molecule has 0 aliphatic rings. The summed E-state index contributed by atoms with van der Waals surface area (Å²) in [6.45, 7) is 2.67. The van der Waals surface area contributed by atoms with E-state index in [1.165, 1.54) is 16.5 Å². The van der Waals surface area contributed by atoms with Crippen molar-refractivity contribution in [1.82, 2.24) is 4.57 Å². The molecule has 2 aromatic carbocycles. The molecule has 0 aliphatic heterocycles. The Balaban J connectivity index is 1.85. The van der Waals surface area contributed by atoms with Gasteiger partial charge in [-0.15, -0.1) is 0 Å². The Kier molecular flexibility index (Phi) is 3.57. The van der Waals surface area contributed by atoms with Crippen LogP contribution < -0.4 is 9.47 Å². The number of aromatic nitrogens is 1. The zero-order valence-electron chi connectivity index (χ0n) is 12.6. The van der Waals surface area contributed by atoms with E-state index in [2.05, 4.69) is 42.8 Å². The van der Waals surface area contributed by atoms with Gasteiger partial charge in [-0.2, -0.15) is 0 Å². The van der Waals surface area contributed by atoms with Gasteiger partial charge in [0.05, 0.1) is 12.8 Å². The number of hydrogen-bond donors (Lipinski definition) is 0. The van der Waals surface area contributed by atoms with Crippen molar-refractivity contribution in [1.29, 1.82) is 0 Å². The van der Waals surface area contributed by atoms with Crippen LogP contribution in [0.3, 0.4) is 0 Å². The molecule has 0 radical (unpaired) electrons. The maximum absolute atomic E-state index is 5.88. The van der Waals surface area contributed by atoms with Crippen LogP contribution in [0.15, 0.2) is 48.5 Å². The number of fused-ring (bicyclic) bond motifs is 1. The van der Waals surface area contributed by atoms with Crippen molar-refractivity contribution in [2.75, 3.05) is 7.11 Å². The van der Waals surface area contributed by atoms with Crippen LogP contribution in [0, 0.1) is 6.92 Å². The van der Waals surface area contributed by atoms with E-state index in [4.69, 9.17) is 9.47 Å². The average molecular weight is 281 g/mol. The van der Waals surface area contributed by atoms with Gasteiger partial charge in [0.15, 0.2) is 0 Å². The predicted molar refractivity (Wildman–Crippen MR) is 85.0 cm³/mol. The molecule has 0 unspecified atom stereocenters. The fourth-order valence-corrected chi connectivity index (χ4v) is 2.55. The zero-order chi connectivity index (χ0) is 14.8. The number of nitrogens with zero attached hydrogens (tertiary/aromatic N) is 1. The lowest BCUT2D eigenvalue weighted by atomic mass is 10.1. The Morgan fingerprint density at radius 1 is 1.00 bits per heavy atom. The first-order valence-corrected chi connectivity index (χ1v) is 7.00. The molecule has 3 rings (SSSR count).